The maximum absolute atomic E-state index is 3.53. The van der Waals surface area contributed by atoms with Crippen LogP contribution in [-0.2, 0) is 6.42 Å². The Morgan fingerprint density at radius 1 is 1.24 bits per heavy atom. The van der Waals surface area contributed by atoms with Crippen LogP contribution in [0.2, 0.25) is 0 Å². The minimum Gasteiger partial charge on any atom is -0.316 e. The van der Waals surface area contributed by atoms with Crippen LogP contribution in [0.3, 0.4) is 0 Å². The van der Waals surface area contributed by atoms with Crippen LogP contribution in [0.5, 0.6) is 0 Å². The van der Waals surface area contributed by atoms with Crippen LogP contribution >= 0.6 is 0 Å². The van der Waals surface area contributed by atoms with E-state index in [4.69, 9.17) is 0 Å². The molecule has 0 bridgehead atoms. The molecule has 0 aromatic heterocycles. The molecule has 1 aliphatic rings. The van der Waals surface area contributed by atoms with Crippen molar-refractivity contribution in [2.24, 2.45) is 5.92 Å². The molecule has 1 fully saturated rings. The van der Waals surface area contributed by atoms with Gasteiger partial charge in [0.2, 0.25) is 0 Å². The van der Waals surface area contributed by atoms with Crippen molar-refractivity contribution >= 4 is 0 Å². The third-order valence-corrected chi connectivity index (χ3v) is 3.54. The zero-order valence-corrected chi connectivity index (χ0v) is 11.0. The molecule has 94 valence electrons. The molecule has 1 aromatic rings. The minimum absolute atomic E-state index is 0.633. The Morgan fingerprint density at radius 3 is 2.47 bits per heavy atom. The van der Waals surface area contributed by atoms with Crippen molar-refractivity contribution in [3.05, 3.63) is 35.4 Å². The molecular formula is C15H24N2. The topological polar surface area (TPSA) is 24.1 Å². The van der Waals surface area contributed by atoms with E-state index in [2.05, 4.69) is 48.7 Å². The lowest BCUT2D eigenvalue weighted by Gasteiger charge is -2.27. The van der Waals surface area contributed by atoms with Gasteiger partial charge in [0, 0.05) is 19.6 Å². The van der Waals surface area contributed by atoms with E-state index in [1.54, 1.807) is 0 Å². The molecule has 1 saturated heterocycles. The predicted octanol–water partition coefficient (Wildman–Crippen LogP) is 2.16. The molecule has 0 saturated carbocycles. The van der Waals surface area contributed by atoms with E-state index in [0.717, 1.165) is 25.4 Å². The van der Waals surface area contributed by atoms with E-state index in [9.17, 15) is 0 Å². The summed E-state index contributed by atoms with van der Waals surface area (Å²) in [6, 6.07) is 9.05. The van der Waals surface area contributed by atoms with Gasteiger partial charge in [-0.15, -0.1) is 0 Å². The number of benzene rings is 1. The first-order chi connectivity index (χ1) is 8.25. The van der Waals surface area contributed by atoms with Gasteiger partial charge in [0.1, 0.15) is 0 Å². The lowest BCUT2D eigenvalue weighted by Crippen LogP contribution is -2.47. The smallest absolute Gasteiger partial charge is 0.000394 e. The van der Waals surface area contributed by atoms with Gasteiger partial charge in [-0.25, -0.2) is 0 Å². The Kier molecular flexibility index (Phi) is 4.57. The van der Waals surface area contributed by atoms with Gasteiger partial charge >= 0.3 is 0 Å². The van der Waals surface area contributed by atoms with E-state index < -0.39 is 0 Å². The average Bonchev–Trinajstić information content (AvgIpc) is 2.27. The van der Waals surface area contributed by atoms with Gasteiger partial charge < -0.3 is 10.6 Å². The van der Waals surface area contributed by atoms with Crippen molar-refractivity contribution < 1.29 is 0 Å². The highest BCUT2D eigenvalue weighted by Gasteiger charge is 2.15. The summed E-state index contributed by atoms with van der Waals surface area (Å²) in [7, 11) is 0. The summed E-state index contributed by atoms with van der Waals surface area (Å²) < 4.78 is 0. The van der Waals surface area contributed by atoms with Crippen molar-refractivity contribution in [3.8, 4) is 0 Å². The first-order valence-corrected chi connectivity index (χ1v) is 6.76. The van der Waals surface area contributed by atoms with Crippen LogP contribution in [0.25, 0.3) is 0 Å². The third kappa shape index (κ3) is 3.83. The molecule has 17 heavy (non-hydrogen) atoms. The number of hydrogen-bond acceptors (Lipinski definition) is 2. The highest BCUT2D eigenvalue weighted by molar-refractivity contribution is 5.24. The van der Waals surface area contributed by atoms with Crippen LogP contribution < -0.4 is 10.6 Å². The second-order valence-corrected chi connectivity index (χ2v) is 5.37. The van der Waals surface area contributed by atoms with Crippen LogP contribution in [0, 0.1) is 5.92 Å². The standard InChI is InChI=1S/C15H24N2/c1-12(2)15-5-3-13(4-6-15)7-8-16-9-14-10-17-11-14/h3-6,12,14,16-17H,7-11H2,1-2H3. The highest BCUT2D eigenvalue weighted by Crippen LogP contribution is 2.14. The first kappa shape index (κ1) is 12.6. The molecule has 2 heteroatoms. The number of hydrogen-bond donors (Lipinski definition) is 2. The molecule has 0 spiro atoms. The van der Waals surface area contributed by atoms with Crippen molar-refractivity contribution in [3.63, 3.8) is 0 Å². The normalized spacial score (nSPS) is 16.2. The summed E-state index contributed by atoms with van der Waals surface area (Å²) in [5.74, 6) is 1.49. The fourth-order valence-electron chi connectivity index (χ4n) is 2.10. The minimum atomic E-state index is 0.633. The maximum atomic E-state index is 3.53. The van der Waals surface area contributed by atoms with Gasteiger partial charge in [-0.05, 0) is 35.9 Å². The Morgan fingerprint density at radius 2 is 1.94 bits per heavy atom. The monoisotopic (exact) mass is 232 g/mol. The molecule has 0 aliphatic carbocycles. The van der Waals surface area contributed by atoms with Gasteiger partial charge in [0.15, 0.2) is 0 Å². The Bertz CT molecular complexity index is 325. The number of rotatable bonds is 6. The molecule has 1 heterocycles. The summed E-state index contributed by atoms with van der Waals surface area (Å²) >= 11 is 0. The quantitative estimate of drug-likeness (QED) is 0.735. The fraction of sp³-hybridized carbons (Fsp3) is 0.600. The summed E-state index contributed by atoms with van der Waals surface area (Å²) in [5, 5.41) is 6.83. The zero-order valence-electron chi connectivity index (χ0n) is 11.0. The van der Waals surface area contributed by atoms with Crippen molar-refractivity contribution in [2.75, 3.05) is 26.2 Å². The van der Waals surface area contributed by atoms with E-state index >= 15 is 0 Å². The Labute approximate surface area is 105 Å². The molecule has 0 atom stereocenters. The Balaban J connectivity index is 1.67. The highest BCUT2D eigenvalue weighted by atomic mass is 15.0. The average molecular weight is 232 g/mol. The largest absolute Gasteiger partial charge is 0.316 e. The van der Waals surface area contributed by atoms with E-state index in [1.165, 1.54) is 24.2 Å². The predicted molar refractivity (Wildman–Crippen MR) is 73.5 cm³/mol. The fourth-order valence-corrected chi connectivity index (χ4v) is 2.10. The second-order valence-electron chi connectivity index (χ2n) is 5.37. The zero-order chi connectivity index (χ0) is 12.1. The summed E-state index contributed by atoms with van der Waals surface area (Å²) in [6.07, 6.45) is 1.14. The maximum Gasteiger partial charge on any atom is 0.000394 e. The summed E-state index contributed by atoms with van der Waals surface area (Å²) in [5.41, 5.74) is 2.87. The van der Waals surface area contributed by atoms with Crippen LogP contribution in [-0.4, -0.2) is 26.2 Å². The van der Waals surface area contributed by atoms with Crippen LogP contribution in [0.15, 0.2) is 24.3 Å². The van der Waals surface area contributed by atoms with Crippen LogP contribution in [0.4, 0.5) is 0 Å². The molecule has 1 aromatic carbocycles. The molecular weight excluding hydrogens is 208 g/mol. The molecule has 2 N–H and O–H groups in total. The molecule has 0 radical (unpaired) electrons. The van der Waals surface area contributed by atoms with E-state index in [0.29, 0.717) is 5.92 Å². The van der Waals surface area contributed by atoms with Gasteiger partial charge in [-0.3, -0.25) is 0 Å². The SMILES string of the molecule is CC(C)c1ccc(CCNCC2CNC2)cc1. The number of nitrogens with one attached hydrogen (secondary N) is 2. The van der Waals surface area contributed by atoms with Crippen molar-refractivity contribution in [1.82, 2.24) is 10.6 Å². The van der Waals surface area contributed by atoms with Gasteiger partial charge in [-0.2, -0.15) is 0 Å². The molecule has 2 nitrogen and oxygen atoms in total. The second kappa shape index (κ2) is 6.18. The first-order valence-electron chi connectivity index (χ1n) is 6.76. The molecule has 0 unspecified atom stereocenters. The van der Waals surface area contributed by atoms with Gasteiger partial charge in [0.05, 0.1) is 0 Å². The van der Waals surface area contributed by atoms with Gasteiger partial charge in [0.25, 0.3) is 0 Å². The van der Waals surface area contributed by atoms with E-state index in [1.807, 2.05) is 0 Å². The lowest BCUT2D eigenvalue weighted by atomic mass is 10.0. The molecule has 0 amide bonds. The molecule has 2 rings (SSSR count). The van der Waals surface area contributed by atoms with Crippen LogP contribution in [0.1, 0.15) is 30.9 Å². The Hall–Kier alpha value is -0.860. The molecule has 1 aliphatic heterocycles. The third-order valence-electron chi connectivity index (χ3n) is 3.54. The van der Waals surface area contributed by atoms with E-state index in [-0.39, 0.29) is 0 Å². The van der Waals surface area contributed by atoms with Gasteiger partial charge in [-0.1, -0.05) is 38.1 Å². The van der Waals surface area contributed by atoms with Crippen molar-refractivity contribution in [1.29, 1.82) is 0 Å². The summed E-state index contributed by atoms with van der Waals surface area (Å²) in [4.78, 5) is 0. The van der Waals surface area contributed by atoms with Crippen molar-refractivity contribution in [2.45, 2.75) is 26.2 Å². The lowest BCUT2D eigenvalue weighted by molar-refractivity contribution is 0.333. The summed E-state index contributed by atoms with van der Waals surface area (Å²) in [6.45, 7) is 9.12.